The number of thiazole rings is 1. The number of aryl methyl sites for hydroxylation is 1. The van der Waals surface area contributed by atoms with Crippen LogP contribution in [0.4, 0.5) is 17.1 Å². The van der Waals surface area contributed by atoms with Crippen molar-refractivity contribution in [3.8, 4) is 0 Å². The van der Waals surface area contributed by atoms with Gasteiger partial charge in [-0.15, -0.1) is 0 Å². The van der Waals surface area contributed by atoms with Crippen LogP contribution in [-0.2, 0) is 6.54 Å². The summed E-state index contributed by atoms with van der Waals surface area (Å²) in [7, 11) is 0. The van der Waals surface area contributed by atoms with Crippen molar-refractivity contribution in [3.63, 3.8) is 0 Å². The number of anilines is 1. The Morgan fingerprint density at radius 1 is 1.35 bits per heavy atom. The molecule has 0 atom stereocenters. The van der Waals surface area contributed by atoms with Crippen molar-refractivity contribution < 1.29 is 0 Å². The van der Waals surface area contributed by atoms with Gasteiger partial charge in [-0.1, -0.05) is 0 Å². The van der Waals surface area contributed by atoms with Gasteiger partial charge in [0, 0.05) is 0 Å². The summed E-state index contributed by atoms with van der Waals surface area (Å²) < 4.78 is 8.79. The summed E-state index contributed by atoms with van der Waals surface area (Å²) in [5, 5.41) is 6.54. The summed E-state index contributed by atoms with van der Waals surface area (Å²) >= 11 is 1.70. The Balaban J connectivity index is 1.78. The quantitative estimate of drug-likeness (QED) is 0.754. The van der Waals surface area contributed by atoms with Crippen molar-refractivity contribution >= 4 is 43.0 Å². The minimum atomic E-state index is 0.0257. The van der Waals surface area contributed by atoms with Gasteiger partial charge >= 0.3 is 109 Å². The molecule has 0 saturated carbocycles. The first-order valence-corrected chi connectivity index (χ1v) is 7.60. The standard InChI is InChI=1S/C11H10N4SSe/c1-7-6-16-10(13-7)5-12-8-3-2-4-9-11(8)15-17-14-9/h2-4,6,12H,5H2,1H3. The van der Waals surface area contributed by atoms with E-state index in [0.717, 1.165) is 34.3 Å². The van der Waals surface area contributed by atoms with Gasteiger partial charge in [-0.25, -0.2) is 0 Å². The van der Waals surface area contributed by atoms with E-state index in [1.165, 1.54) is 0 Å². The van der Waals surface area contributed by atoms with E-state index in [4.69, 9.17) is 0 Å². The minimum absolute atomic E-state index is 0.0257. The number of rotatable bonds is 3. The molecule has 6 heteroatoms. The van der Waals surface area contributed by atoms with Crippen LogP contribution >= 0.6 is 11.3 Å². The molecule has 2 aromatic rings. The number of aromatic nitrogens is 1. The molecule has 0 fully saturated rings. The Kier molecular flexibility index (Phi) is 2.92. The summed E-state index contributed by atoms with van der Waals surface area (Å²) in [6, 6.07) is 6.06. The zero-order chi connectivity index (χ0) is 11.7. The van der Waals surface area contributed by atoms with Crippen LogP contribution in [0.25, 0.3) is 0 Å². The molecule has 1 aliphatic rings. The first kappa shape index (κ1) is 10.9. The van der Waals surface area contributed by atoms with E-state index in [-0.39, 0.29) is 14.6 Å². The molecular formula is C11H10N4SSe. The number of fused-ring (bicyclic) bond motifs is 1. The third-order valence-electron chi connectivity index (χ3n) is 2.38. The second-order valence-corrected chi connectivity index (χ2v) is 5.73. The fraction of sp³-hybridized carbons (Fsp3) is 0.182. The Morgan fingerprint density at radius 3 is 3.12 bits per heavy atom. The van der Waals surface area contributed by atoms with Crippen molar-refractivity contribution in [3.05, 3.63) is 34.3 Å². The number of hydrogen-bond acceptors (Lipinski definition) is 5. The second kappa shape index (κ2) is 4.56. The van der Waals surface area contributed by atoms with Crippen LogP contribution in [0, 0.1) is 6.92 Å². The molecule has 0 amide bonds. The molecule has 1 aromatic carbocycles. The Bertz CT molecular complexity index is 628. The summed E-state index contributed by atoms with van der Waals surface area (Å²) in [4.78, 5) is 4.43. The van der Waals surface area contributed by atoms with Crippen molar-refractivity contribution in [1.82, 2.24) is 4.98 Å². The van der Waals surface area contributed by atoms with Crippen molar-refractivity contribution in [2.75, 3.05) is 5.32 Å². The summed E-state index contributed by atoms with van der Waals surface area (Å²) in [6.07, 6.45) is 0. The summed E-state index contributed by atoms with van der Waals surface area (Å²) in [5.74, 6) is 0. The van der Waals surface area contributed by atoms with Crippen LogP contribution in [0.5, 0.6) is 0 Å². The van der Waals surface area contributed by atoms with E-state index in [1.54, 1.807) is 11.3 Å². The SMILES string of the molecule is Cc1csc(CNc2cccc3c2N=[Se]=N3)n1. The number of nitrogens with one attached hydrogen (secondary N) is 1. The third-order valence-corrected chi connectivity index (χ3v) is 4.49. The van der Waals surface area contributed by atoms with Gasteiger partial charge in [0.25, 0.3) is 0 Å². The molecule has 0 radical (unpaired) electrons. The van der Waals surface area contributed by atoms with Crippen molar-refractivity contribution in [2.24, 2.45) is 7.92 Å². The average molecular weight is 309 g/mol. The van der Waals surface area contributed by atoms with Gasteiger partial charge in [-0.3, -0.25) is 0 Å². The van der Waals surface area contributed by atoms with Gasteiger partial charge in [0.05, 0.1) is 0 Å². The predicted molar refractivity (Wildman–Crippen MR) is 70.5 cm³/mol. The summed E-state index contributed by atoms with van der Waals surface area (Å²) in [6.45, 7) is 2.76. The molecule has 0 aliphatic carbocycles. The molecule has 0 saturated heterocycles. The Labute approximate surface area is 109 Å². The number of hydrogen-bond donors (Lipinski definition) is 1. The van der Waals surface area contributed by atoms with Crippen LogP contribution in [0.15, 0.2) is 31.5 Å². The number of nitrogens with zero attached hydrogens (tertiary/aromatic N) is 3. The molecule has 3 rings (SSSR count). The molecule has 0 bridgehead atoms. The first-order chi connectivity index (χ1) is 8.33. The van der Waals surface area contributed by atoms with E-state index in [2.05, 4.69) is 23.6 Å². The van der Waals surface area contributed by atoms with E-state index in [1.807, 2.05) is 25.1 Å². The van der Waals surface area contributed by atoms with Crippen molar-refractivity contribution in [2.45, 2.75) is 13.5 Å². The predicted octanol–water partition coefficient (Wildman–Crippen LogP) is 3.41. The van der Waals surface area contributed by atoms with Crippen LogP contribution in [-0.4, -0.2) is 19.6 Å². The fourth-order valence-corrected chi connectivity index (χ4v) is 3.47. The van der Waals surface area contributed by atoms with Crippen LogP contribution in [0.3, 0.4) is 0 Å². The van der Waals surface area contributed by atoms with Gasteiger partial charge in [0.15, 0.2) is 0 Å². The van der Waals surface area contributed by atoms with E-state index in [0.29, 0.717) is 0 Å². The van der Waals surface area contributed by atoms with Gasteiger partial charge < -0.3 is 0 Å². The molecule has 0 spiro atoms. The van der Waals surface area contributed by atoms with E-state index < -0.39 is 0 Å². The first-order valence-electron chi connectivity index (χ1n) is 5.19. The normalized spacial score (nSPS) is 12.3. The summed E-state index contributed by atoms with van der Waals surface area (Å²) in [5.41, 5.74) is 4.14. The maximum absolute atomic E-state index is 4.43. The Morgan fingerprint density at radius 2 is 2.29 bits per heavy atom. The Hall–Kier alpha value is -1.23. The molecule has 0 unspecified atom stereocenters. The fourth-order valence-electron chi connectivity index (χ4n) is 1.60. The topological polar surface area (TPSA) is 49.6 Å². The zero-order valence-corrected chi connectivity index (χ0v) is 11.7. The monoisotopic (exact) mass is 310 g/mol. The molecule has 17 heavy (non-hydrogen) atoms. The third kappa shape index (κ3) is 2.24. The van der Waals surface area contributed by atoms with Gasteiger partial charge in [0.1, 0.15) is 0 Å². The van der Waals surface area contributed by atoms with Crippen LogP contribution in [0.1, 0.15) is 10.7 Å². The molecular weight excluding hydrogens is 299 g/mol. The number of benzene rings is 1. The second-order valence-electron chi connectivity index (χ2n) is 3.67. The molecule has 4 nitrogen and oxygen atoms in total. The molecule has 86 valence electrons. The molecule has 1 aliphatic heterocycles. The molecule has 1 N–H and O–H groups in total. The van der Waals surface area contributed by atoms with Gasteiger partial charge in [-0.05, 0) is 0 Å². The van der Waals surface area contributed by atoms with Crippen molar-refractivity contribution in [1.29, 1.82) is 0 Å². The molecule has 2 heterocycles. The van der Waals surface area contributed by atoms with E-state index in [9.17, 15) is 0 Å². The zero-order valence-electron chi connectivity index (χ0n) is 9.17. The maximum atomic E-state index is 4.43. The van der Waals surface area contributed by atoms with Gasteiger partial charge in [-0.2, -0.15) is 0 Å². The average Bonchev–Trinajstić information content (AvgIpc) is 2.94. The molecule has 1 aromatic heterocycles. The van der Waals surface area contributed by atoms with Crippen LogP contribution in [0.2, 0.25) is 0 Å². The van der Waals surface area contributed by atoms with Gasteiger partial charge in [0.2, 0.25) is 0 Å². The van der Waals surface area contributed by atoms with Crippen LogP contribution < -0.4 is 5.32 Å². The van der Waals surface area contributed by atoms with E-state index >= 15 is 0 Å².